The van der Waals surface area contributed by atoms with Gasteiger partial charge in [-0.25, -0.2) is 4.98 Å². The first kappa shape index (κ1) is 23.5. The molecule has 0 atom stereocenters. The first-order chi connectivity index (χ1) is 14.7. The highest BCUT2D eigenvalue weighted by Crippen LogP contribution is 2.30. The summed E-state index contributed by atoms with van der Waals surface area (Å²) in [5, 5.41) is 1.25. The van der Waals surface area contributed by atoms with Crippen molar-refractivity contribution in [1.29, 1.82) is 0 Å². The van der Waals surface area contributed by atoms with Gasteiger partial charge in [0.1, 0.15) is 5.82 Å². The second kappa shape index (κ2) is 9.97. The van der Waals surface area contributed by atoms with Crippen LogP contribution >= 0.6 is 0 Å². The van der Waals surface area contributed by atoms with Crippen LogP contribution in [0, 0.1) is 0 Å². The van der Waals surface area contributed by atoms with Crippen molar-refractivity contribution in [2.45, 2.75) is 105 Å². The second-order valence-corrected chi connectivity index (χ2v) is 10.2. The summed E-state index contributed by atoms with van der Waals surface area (Å²) in [5.41, 5.74) is 6.56. The molecule has 3 aromatic rings. The lowest BCUT2D eigenvalue weighted by molar-refractivity contribution is 0.500. The largest absolute Gasteiger partial charge is 0.331 e. The molecule has 1 aromatic carbocycles. The van der Waals surface area contributed by atoms with Crippen molar-refractivity contribution in [3.63, 3.8) is 0 Å². The first-order valence-corrected chi connectivity index (χ1v) is 12.2. The Bertz CT molecular complexity index is 962. The van der Waals surface area contributed by atoms with Gasteiger partial charge in [-0.05, 0) is 54.2 Å². The molecule has 0 saturated heterocycles. The minimum atomic E-state index is 0.488. The molecule has 3 heteroatoms. The number of para-hydroxylation sites is 1. The van der Waals surface area contributed by atoms with Crippen LogP contribution in [0.5, 0.6) is 0 Å². The predicted molar refractivity (Wildman–Crippen MR) is 133 cm³/mol. The second-order valence-electron chi connectivity index (χ2n) is 10.2. The minimum absolute atomic E-state index is 0.488. The highest BCUT2D eigenvalue weighted by molar-refractivity contribution is 5.79. The smallest absolute Gasteiger partial charge is 0.109 e. The topological polar surface area (TPSA) is 30.7 Å². The van der Waals surface area contributed by atoms with Crippen molar-refractivity contribution in [3.05, 3.63) is 58.8 Å². The number of aromatic nitrogens is 3. The number of hydrogen-bond donors (Lipinski definition) is 0. The maximum absolute atomic E-state index is 4.83. The molecule has 168 valence electrons. The molecular weight excluding hydrogens is 378 g/mol. The zero-order valence-electron chi connectivity index (χ0n) is 20.9. The Morgan fingerprint density at radius 3 is 2.03 bits per heavy atom. The van der Waals surface area contributed by atoms with Crippen LogP contribution in [0.4, 0.5) is 0 Å². The van der Waals surface area contributed by atoms with E-state index >= 15 is 0 Å². The van der Waals surface area contributed by atoms with Gasteiger partial charge in [-0.15, -0.1) is 0 Å². The monoisotopic (exact) mass is 419 g/mol. The summed E-state index contributed by atoms with van der Waals surface area (Å²) in [6.07, 6.45) is 3.80. The average molecular weight is 420 g/mol. The predicted octanol–water partition coefficient (Wildman–Crippen LogP) is 7.95. The highest BCUT2D eigenvalue weighted by atomic mass is 15.1. The average Bonchev–Trinajstić information content (AvgIpc) is 3.13. The standard InChI is InChI=1S/C15H19N.C13H22N2/c1-10(2)13-9-12-7-5-6-8-14(12)16-15(13)11(3)4;1-9(2)12-13(10(3)4)15-8-6-5-7-11(15)14-12/h5-11H,1-4H3;9-10H,5-8H2,1-4H3. The Balaban J connectivity index is 0.000000176. The number of aryl methyl sites for hydroxylation is 1. The molecule has 0 amide bonds. The van der Waals surface area contributed by atoms with E-state index in [-0.39, 0.29) is 0 Å². The van der Waals surface area contributed by atoms with Crippen molar-refractivity contribution >= 4 is 10.9 Å². The van der Waals surface area contributed by atoms with Gasteiger partial charge in [-0.3, -0.25) is 4.98 Å². The van der Waals surface area contributed by atoms with Crippen LogP contribution in [-0.4, -0.2) is 14.5 Å². The van der Waals surface area contributed by atoms with Crippen molar-refractivity contribution in [3.8, 4) is 0 Å². The third kappa shape index (κ3) is 5.19. The molecule has 0 unspecified atom stereocenters. The molecule has 4 rings (SSSR count). The van der Waals surface area contributed by atoms with E-state index in [4.69, 9.17) is 9.97 Å². The van der Waals surface area contributed by atoms with Crippen LogP contribution < -0.4 is 0 Å². The van der Waals surface area contributed by atoms with Crippen LogP contribution in [0.3, 0.4) is 0 Å². The van der Waals surface area contributed by atoms with E-state index in [1.54, 1.807) is 0 Å². The molecule has 3 nitrogen and oxygen atoms in total. The summed E-state index contributed by atoms with van der Waals surface area (Å²) in [4.78, 5) is 9.63. The molecule has 1 aliphatic heterocycles. The summed E-state index contributed by atoms with van der Waals surface area (Å²) in [6.45, 7) is 19.1. The number of fused-ring (bicyclic) bond motifs is 2. The van der Waals surface area contributed by atoms with Crippen molar-refractivity contribution < 1.29 is 0 Å². The minimum Gasteiger partial charge on any atom is -0.331 e. The fourth-order valence-corrected chi connectivity index (χ4v) is 4.63. The van der Waals surface area contributed by atoms with Gasteiger partial charge in [0.15, 0.2) is 0 Å². The van der Waals surface area contributed by atoms with E-state index in [1.807, 2.05) is 0 Å². The fourth-order valence-electron chi connectivity index (χ4n) is 4.63. The van der Waals surface area contributed by atoms with Crippen LogP contribution in [0.25, 0.3) is 10.9 Å². The van der Waals surface area contributed by atoms with Crippen LogP contribution in [0.15, 0.2) is 30.3 Å². The summed E-state index contributed by atoms with van der Waals surface area (Å²) < 4.78 is 2.48. The van der Waals surface area contributed by atoms with Gasteiger partial charge in [-0.2, -0.15) is 0 Å². The first-order valence-electron chi connectivity index (χ1n) is 12.2. The van der Waals surface area contributed by atoms with Gasteiger partial charge in [0.25, 0.3) is 0 Å². The molecule has 31 heavy (non-hydrogen) atoms. The lowest BCUT2D eigenvalue weighted by Crippen LogP contribution is -2.14. The Kier molecular flexibility index (Phi) is 7.56. The van der Waals surface area contributed by atoms with Crippen LogP contribution in [0.2, 0.25) is 0 Å². The lowest BCUT2D eigenvalue weighted by atomic mass is 9.94. The summed E-state index contributed by atoms with van der Waals surface area (Å²) in [7, 11) is 0. The Morgan fingerprint density at radius 2 is 1.42 bits per heavy atom. The molecular formula is C28H41N3. The van der Waals surface area contributed by atoms with Gasteiger partial charge in [0.2, 0.25) is 0 Å². The van der Waals surface area contributed by atoms with Gasteiger partial charge in [0, 0.05) is 29.7 Å². The van der Waals surface area contributed by atoms with E-state index in [0.717, 1.165) is 5.52 Å². The molecule has 0 aliphatic carbocycles. The van der Waals surface area contributed by atoms with Gasteiger partial charge < -0.3 is 4.57 Å². The molecule has 0 spiro atoms. The Hall–Kier alpha value is -2.16. The zero-order chi connectivity index (χ0) is 22.7. The van der Waals surface area contributed by atoms with E-state index in [2.05, 4.69) is 90.3 Å². The normalized spacial score (nSPS) is 13.8. The quantitative estimate of drug-likeness (QED) is 0.429. The van der Waals surface area contributed by atoms with Crippen LogP contribution in [0.1, 0.15) is 120 Å². The van der Waals surface area contributed by atoms with Gasteiger partial charge in [0.05, 0.1) is 11.2 Å². The van der Waals surface area contributed by atoms with E-state index in [0.29, 0.717) is 23.7 Å². The Labute approximate surface area is 189 Å². The van der Waals surface area contributed by atoms with Gasteiger partial charge >= 0.3 is 0 Å². The highest BCUT2D eigenvalue weighted by Gasteiger charge is 2.22. The molecule has 0 radical (unpaired) electrons. The third-order valence-electron chi connectivity index (χ3n) is 6.19. The zero-order valence-corrected chi connectivity index (χ0v) is 20.9. The number of nitrogens with zero attached hydrogens (tertiary/aromatic N) is 3. The third-order valence-corrected chi connectivity index (χ3v) is 6.19. The molecule has 1 aliphatic rings. The maximum atomic E-state index is 4.83. The Morgan fingerprint density at radius 1 is 0.742 bits per heavy atom. The number of pyridine rings is 1. The molecule has 2 aromatic heterocycles. The number of rotatable bonds is 4. The summed E-state index contributed by atoms with van der Waals surface area (Å²) in [6, 6.07) is 10.6. The molecule has 0 N–H and O–H groups in total. The number of imidazole rings is 1. The number of benzene rings is 1. The van der Waals surface area contributed by atoms with Crippen molar-refractivity contribution in [2.24, 2.45) is 0 Å². The van der Waals surface area contributed by atoms with E-state index < -0.39 is 0 Å². The molecule has 0 bridgehead atoms. The molecule has 0 fully saturated rings. The van der Waals surface area contributed by atoms with Crippen molar-refractivity contribution in [2.75, 3.05) is 0 Å². The van der Waals surface area contributed by atoms with E-state index in [9.17, 15) is 0 Å². The molecule has 0 saturated carbocycles. The lowest BCUT2D eigenvalue weighted by Gasteiger charge is -2.19. The summed E-state index contributed by atoms with van der Waals surface area (Å²) >= 11 is 0. The van der Waals surface area contributed by atoms with Crippen molar-refractivity contribution in [1.82, 2.24) is 14.5 Å². The van der Waals surface area contributed by atoms with E-state index in [1.165, 1.54) is 59.7 Å². The SMILES string of the molecule is CC(C)c1cc2ccccc2nc1C(C)C.CC(C)c1nc2n(c1C(C)C)CCCC2. The maximum Gasteiger partial charge on any atom is 0.109 e. The summed E-state index contributed by atoms with van der Waals surface area (Å²) in [5.74, 6) is 3.51. The number of hydrogen-bond acceptors (Lipinski definition) is 2. The van der Waals surface area contributed by atoms with Crippen LogP contribution in [-0.2, 0) is 13.0 Å². The fraction of sp³-hybridized carbons (Fsp3) is 0.571. The van der Waals surface area contributed by atoms with Gasteiger partial charge in [-0.1, -0.05) is 73.6 Å². The molecule has 3 heterocycles.